The summed E-state index contributed by atoms with van der Waals surface area (Å²) in [7, 11) is 0. The zero-order valence-corrected chi connectivity index (χ0v) is 11.4. The Hall–Kier alpha value is -1.61. The summed E-state index contributed by atoms with van der Waals surface area (Å²) in [5.74, 6) is 1.10. The van der Waals surface area contributed by atoms with Gasteiger partial charge < -0.3 is 9.88 Å². The van der Waals surface area contributed by atoms with Crippen LogP contribution in [0, 0.1) is 6.92 Å². The minimum atomic E-state index is 0.341. The normalized spacial score (nSPS) is 12.6. The highest BCUT2D eigenvalue weighted by atomic mass is 15.1. The smallest absolute Gasteiger partial charge is 0.122 e. The van der Waals surface area contributed by atoms with Crippen LogP contribution < -0.4 is 5.32 Å². The van der Waals surface area contributed by atoms with E-state index in [1.807, 2.05) is 12.4 Å². The highest BCUT2D eigenvalue weighted by molar-refractivity contribution is 5.28. The van der Waals surface area contributed by atoms with Crippen LogP contribution in [0.25, 0.3) is 0 Å². The van der Waals surface area contributed by atoms with E-state index in [2.05, 4.69) is 59.9 Å². The lowest BCUT2D eigenvalue weighted by atomic mass is 10.0. The van der Waals surface area contributed by atoms with E-state index in [1.165, 1.54) is 11.1 Å². The number of imidazole rings is 1. The Morgan fingerprint density at radius 3 is 2.83 bits per heavy atom. The summed E-state index contributed by atoms with van der Waals surface area (Å²) in [6.45, 7) is 8.25. The zero-order valence-electron chi connectivity index (χ0n) is 11.4. The molecule has 0 aliphatic carbocycles. The van der Waals surface area contributed by atoms with Gasteiger partial charge in [0, 0.05) is 25.0 Å². The van der Waals surface area contributed by atoms with Crippen LogP contribution >= 0.6 is 0 Å². The van der Waals surface area contributed by atoms with Crippen LogP contribution in [0.4, 0.5) is 0 Å². The lowest BCUT2D eigenvalue weighted by Gasteiger charge is -2.16. The maximum atomic E-state index is 4.38. The Labute approximate surface area is 109 Å². The molecule has 2 rings (SSSR count). The molecule has 1 aromatic heterocycles. The van der Waals surface area contributed by atoms with E-state index in [0.29, 0.717) is 6.04 Å². The Morgan fingerprint density at radius 1 is 1.33 bits per heavy atom. The predicted molar refractivity (Wildman–Crippen MR) is 74.3 cm³/mol. The number of aryl methyl sites for hydroxylation is 2. The van der Waals surface area contributed by atoms with Crippen molar-refractivity contribution in [1.82, 2.24) is 14.9 Å². The quantitative estimate of drug-likeness (QED) is 0.874. The van der Waals surface area contributed by atoms with E-state index < -0.39 is 0 Å². The molecule has 3 heteroatoms. The van der Waals surface area contributed by atoms with Gasteiger partial charge in [-0.25, -0.2) is 4.98 Å². The van der Waals surface area contributed by atoms with Crippen molar-refractivity contribution in [3.8, 4) is 0 Å². The average molecular weight is 243 g/mol. The largest absolute Gasteiger partial charge is 0.334 e. The van der Waals surface area contributed by atoms with Gasteiger partial charge in [0.05, 0.1) is 6.54 Å². The van der Waals surface area contributed by atoms with Crippen molar-refractivity contribution in [2.24, 2.45) is 0 Å². The molecule has 2 aromatic rings. The molecule has 0 amide bonds. The maximum Gasteiger partial charge on any atom is 0.122 e. The summed E-state index contributed by atoms with van der Waals surface area (Å²) in [6.07, 6.45) is 3.88. The number of aromatic nitrogens is 2. The molecule has 1 N–H and O–H groups in total. The maximum absolute atomic E-state index is 4.38. The van der Waals surface area contributed by atoms with Gasteiger partial charge >= 0.3 is 0 Å². The van der Waals surface area contributed by atoms with Crippen LogP contribution in [-0.4, -0.2) is 9.55 Å². The number of nitrogens with one attached hydrogen (secondary N) is 1. The predicted octanol–water partition coefficient (Wildman–Crippen LogP) is 3.06. The van der Waals surface area contributed by atoms with Crippen molar-refractivity contribution in [1.29, 1.82) is 0 Å². The molecular weight excluding hydrogens is 222 g/mol. The molecule has 1 heterocycles. The summed E-state index contributed by atoms with van der Waals surface area (Å²) in [4.78, 5) is 4.38. The van der Waals surface area contributed by atoms with Crippen LogP contribution in [0.15, 0.2) is 36.7 Å². The molecule has 0 unspecified atom stereocenters. The van der Waals surface area contributed by atoms with Gasteiger partial charge in [-0.1, -0.05) is 24.3 Å². The Bertz CT molecular complexity index is 502. The van der Waals surface area contributed by atoms with Crippen LogP contribution in [0.2, 0.25) is 0 Å². The minimum Gasteiger partial charge on any atom is -0.334 e. The highest BCUT2D eigenvalue weighted by Gasteiger charge is 2.08. The Morgan fingerprint density at radius 2 is 2.11 bits per heavy atom. The number of nitrogens with zero attached hydrogens (tertiary/aromatic N) is 2. The zero-order chi connectivity index (χ0) is 13.0. The second-order valence-corrected chi connectivity index (χ2v) is 4.59. The monoisotopic (exact) mass is 243 g/mol. The summed E-state index contributed by atoms with van der Waals surface area (Å²) in [6, 6.07) is 8.84. The highest BCUT2D eigenvalue weighted by Crippen LogP contribution is 2.16. The van der Waals surface area contributed by atoms with E-state index in [0.717, 1.165) is 18.9 Å². The fraction of sp³-hybridized carbons (Fsp3) is 0.400. The first-order chi connectivity index (χ1) is 8.72. The van der Waals surface area contributed by atoms with Gasteiger partial charge in [-0.2, -0.15) is 0 Å². The second-order valence-electron chi connectivity index (χ2n) is 4.59. The third-order valence-electron chi connectivity index (χ3n) is 3.36. The molecule has 3 nitrogen and oxygen atoms in total. The molecule has 1 atom stereocenters. The first-order valence-electron chi connectivity index (χ1n) is 6.51. The third-order valence-corrected chi connectivity index (χ3v) is 3.36. The van der Waals surface area contributed by atoms with Gasteiger partial charge in [0.25, 0.3) is 0 Å². The first-order valence-corrected chi connectivity index (χ1v) is 6.51. The Balaban J connectivity index is 2.01. The average Bonchev–Trinajstić information content (AvgIpc) is 2.84. The van der Waals surface area contributed by atoms with Gasteiger partial charge in [-0.3, -0.25) is 0 Å². The van der Waals surface area contributed by atoms with E-state index >= 15 is 0 Å². The van der Waals surface area contributed by atoms with Crippen LogP contribution in [0.3, 0.4) is 0 Å². The molecule has 1 aromatic carbocycles. The van der Waals surface area contributed by atoms with Crippen molar-refractivity contribution >= 4 is 0 Å². The van der Waals surface area contributed by atoms with E-state index in [4.69, 9.17) is 0 Å². The standard InChI is InChI=1S/C15H21N3/c1-4-18-10-9-16-15(18)11-17-13(3)14-8-6-5-7-12(14)2/h5-10,13,17H,4,11H2,1-3H3/t13-/m0/s1. The van der Waals surface area contributed by atoms with Gasteiger partial charge in [0.2, 0.25) is 0 Å². The SMILES string of the molecule is CCn1ccnc1CN[C@@H](C)c1ccccc1C. The summed E-state index contributed by atoms with van der Waals surface area (Å²) >= 11 is 0. The molecular formula is C15H21N3. The lowest BCUT2D eigenvalue weighted by Crippen LogP contribution is -2.21. The number of benzene rings is 1. The van der Waals surface area contributed by atoms with E-state index in [1.54, 1.807) is 0 Å². The molecule has 0 saturated heterocycles. The first kappa shape index (κ1) is 12.8. The number of rotatable bonds is 5. The molecule has 0 radical (unpaired) electrons. The minimum absolute atomic E-state index is 0.341. The second kappa shape index (κ2) is 5.83. The van der Waals surface area contributed by atoms with Crippen molar-refractivity contribution in [3.63, 3.8) is 0 Å². The number of hydrogen-bond donors (Lipinski definition) is 1. The van der Waals surface area contributed by atoms with Crippen molar-refractivity contribution < 1.29 is 0 Å². The topological polar surface area (TPSA) is 29.9 Å². The summed E-state index contributed by atoms with van der Waals surface area (Å²) in [5, 5.41) is 3.53. The van der Waals surface area contributed by atoms with E-state index in [9.17, 15) is 0 Å². The number of hydrogen-bond acceptors (Lipinski definition) is 2. The molecule has 18 heavy (non-hydrogen) atoms. The van der Waals surface area contributed by atoms with Crippen LogP contribution in [0.5, 0.6) is 0 Å². The summed E-state index contributed by atoms with van der Waals surface area (Å²) < 4.78 is 2.16. The van der Waals surface area contributed by atoms with Crippen molar-refractivity contribution in [3.05, 3.63) is 53.6 Å². The van der Waals surface area contributed by atoms with E-state index in [-0.39, 0.29) is 0 Å². The molecule has 0 aliphatic rings. The molecule has 0 spiro atoms. The van der Waals surface area contributed by atoms with Crippen molar-refractivity contribution in [2.75, 3.05) is 0 Å². The summed E-state index contributed by atoms with van der Waals surface area (Å²) in [5.41, 5.74) is 2.68. The van der Waals surface area contributed by atoms with Gasteiger partial charge in [-0.15, -0.1) is 0 Å². The van der Waals surface area contributed by atoms with Crippen LogP contribution in [0.1, 0.15) is 36.8 Å². The molecule has 0 bridgehead atoms. The Kier molecular flexibility index (Phi) is 4.15. The molecule has 0 aliphatic heterocycles. The molecule has 0 saturated carbocycles. The fourth-order valence-electron chi connectivity index (χ4n) is 2.22. The van der Waals surface area contributed by atoms with Gasteiger partial charge in [-0.05, 0) is 31.9 Å². The van der Waals surface area contributed by atoms with Crippen molar-refractivity contribution in [2.45, 2.75) is 39.9 Å². The van der Waals surface area contributed by atoms with Gasteiger partial charge in [0.15, 0.2) is 0 Å². The molecule has 0 fully saturated rings. The molecule has 96 valence electrons. The fourth-order valence-corrected chi connectivity index (χ4v) is 2.22. The van der Waals surface area contributed by atoms with Gasteiger partial charge in [0.1, 0.15) is 5.82 Å². The van der Waals surface area contributed by atoms with Crippen LogP contribution in [-0.2, 0) is 13.1 Å². The third kappa shape index (κ3) is 2.79. The lowest BCUT2D eigenvalue weighted by molar-refractivity contribution is 0.538.